The van der Waals surface area contributed by atoms with Crippen LogP contribution in [0.1, 0.15) is 26.3 Å². The number of benzene rings is 1. The van der Waals surface area contributed by atoms with Crippen molar-refractivity contribution in [3.8, 4) is 0 Å². The lowest BCUT2D eigenvalue weighted by Crippen LogP contribution is -2.48. The third-order valence-corrected chi connectivity index (χ3v) is 4.74. The van der Waals surface area contributed by atoms with E-state index in [0.717, 1.165) is 0 Å². The van der Waals surface area contributed by atoms with Gasteiger partial charge in [-0.2, -0.15) is 0 Å². The van der Waals surface area contributed by atoms with Crippen LogP contribution in [-0.2, 0) is 14.3 Å². The first kappa shape index (κ1) is 18.7. The van der Waals surface area contributed by atoms with E-state index in [0.29, 0.717) is 17.5 Å². The van der Waals surface area contributed by atoms with Gasteiger partial charge in [0.15, 0.2) is 0 Å². The number of aliphatic carboxylic acids is 1. The SMILES string of the molecule is CCOC(=O)C1=Cc2c(oc3ccccc3c2=O)N(CC)C1C(C)C(=O)O. The molecule has 142 valence electrons. The molecule has 3 rings (SSSR count). The van der Waals surface area contributed by atoms with Gasteiger partial charge < -0.3 is 19.2 Å². The van der Waals surface area contributed by atoms with E-state index in [1.807, 2.05) is 6.92 Å². The fourth-order valence-electron chi connectivity index (χ4n) is 3.43. The van der Waals surface area contributed by atoms with E-state index in [4.69, 9.17) is 9.15 Å². The molecule has 7 heteroatoms. The smallest absolute Gasteiger partial charge is 0.336 e. The molecule has 2 unspecified atom stereocenters. The molecule has 0 radical (unpaired) electrons. The number of hydrogen-bond acceptors (Lipinski definition) is 6. The summed E-state index contributed by atoms with van der Waals surface area (Å²) in [6, 6.07) is 6.03. The molecule has 1 aromatic heterocycles. The van der Waals surface area contributed by atoms with Crippen molar-refractivity contribution in [2.75, 3.05) is 18.1 Å². The summed E-state index contributed by atoms with van der Waals surface area (Å²) in [6.07, 6.45) is 1.42. The molecule has 1 N–H and O–H groups in total. The van der Waals surface area contributed by atoms with E-state index in [-0.39, 0.29) is 29.1 Å². The van der Waals surface area contributed by atoms with E-state index in [9.17, 15) is 19.5 Å². The highest BCUT2D eigenvalue weighted by molar-refractivity contribution is 6.00. The van der Waals surface area contributed by atoms with Gasteiger partial charge in [0.25, 0.3) is 0 Å². The Morgan fingerprint density at radius 1 is 1.30 bits per heavy atom. The third kappa shape index (κ3) is 3.09. The van der Waals surface area contributed by atoms with Gasteiger partial charge in [0.1, 0.15) is 5.58 Å². The minimum Gasteiger partial charge on any atom is -0.481 e. The Morgan fingerprint density at radius 3 is 2.63 bits per heavy atom. The van der Waals surface area contributed by atoms with Gasteiger partial charge in [0.05, 0.1) is 35.1 Å². The monoisotopic (exact) mass is 371 g/mol. The zero-order chi connectivity index (χ0) is 19.7. The predicted octanol–water partition coefficient (Wildman–Crippen LogP) is 2.67. The van der Waals surface area contributed by atoms with Crippen LogP contribution in [-0.4, -0.2) is 36.2 Å². The quantitative estimate of drug-likeness (QED) is 0.807. The van der Waals surface area contributed by atoms with Crippen molar-refractivity contribution in [2.24, 2.45) is 5.92 Å². The number of fused-ring (bicyclic) bond motifs is 2. The summed E-state index contributed by atoms with van der Waals surface area (Å²) < 4.78 is 11.1. The number of carbonyl (C=O) groups is 2. The summed E-state index contributed by atoms with van der Waals surface area (Å²) in [5.41, 5.74) is 0.513. The molecule has 7 nitrogen and oxygen atoms in total. The molecule has 0 bridgehead atoms. The predicted molar refractivity (Wildman–Crippen MR) is 101 cm³/mol. The van der Waals surface area contributed by atoms with Crippen LogP contribution in [0.2, 0.25) is 0 Å². The Kier molecular flexibility index (Phi) is 5.03. The third-order valence-electron chi connectivity index (χ3n) is 4.74. The largest absolute Gasteiger partial charge is 0.481 e. The molecule has 0 saturated carbocycles. The van der Waals surface area contributed by atoms with Crippen LogP contribution in [0.5, 0.6) is 0 Å². The Bertz CT molecular complexity index is 990. The average molecular weight is 371 g/mol. The summed E-state index contributed by atoms with van der Waals surface area (Å²) in [5.74, 6) is -2.33. The fourth-order valence-corrected chi connectivity index (χ4v) is 3.43. The van der Waals surface area contributed by atoms with E-state index >= 15 is 0 Å². The number of carboxylic acid groups (broad SMARTS) is 1. The summed E-state index contributed by atoms with van der Waals surface area (Å²) in [7, 11) is 0. The Labute approximate surface area is 155 Å². The van der Waals surface area contributed by atoms with Gasteiger partial charge in [-0.05, 0) is 39.0 Å². The molecule has 2 atom stereocenters. The van der Waals surface area contributed by atoms with Crippen LogP contribution in [0.15, 0.2) is 39.1 Å². The first-order valence-electron chi connectivity index (χ1n) is 8.84. The number of ether oxygens (including phenoxy) is 1. The molecule has 0 saturated heterocycles. The Hall–Kier alpha value is -3.09. The van der Waals surface area contributed by atoms with Crippen molar-refractivity contribution < 1.29 is 23.8 Å². The molecule has 1 aliphatic rings. The normalized spacial score (nSPS) is 17.2. The fraction of sp³-hybridized carbons (Fsp3) is 0.350. The molecular weight excluding hydrogens is 350 g/mol. The van der Waals surface area contributed by atoms with Gasteiger partial charge in [-0.25, -0.2) is 4.79 Å². The maximum atomic E-state index is 13.0. The highest BCUT2D eigenvalue weighted by Gasteiger charge is 2.41. The van der Waals surface area contributed by atoms with E-state index < -0.39 is 23.9 Å². The molecule has 1 aliphatic heterocycles. The number of rotatable bonds is 5. The molecule has 1 aromatic carbocycles. The maximum absolute atomic E-state index is 13.0. The molecule has 2 aromatic rings. The molecule has 0 fully saturated rings. The van der Waals surface area contributed by atoms with Crippen LogP contribution < -0.4 is 10.3 Å². The lowest BCUT2D eigenvalue weighted by Gasteiger charge is -2.38. The molecule has 2 heterocycles. The van der Waals surface area contributed by atoms with Gasteiger partial charge in [-0.15, -0.1) is 0 Å². The summed E-state index contributed by atoms with van der Waals surface area (Å²) in [4.78, 5) is 38.8. The average Bonchev–Trinajstić information content (AvgIpc) is 2.66. The zero-order valence-corrected chi connectivity index (χ0v) is 15.4. The summed E-state index contributed by atoms with van der Waals surface area (Å²) >= 11 is 0. The number of esters is 1. The van der Waals surface area contributed by atoms with Crippen molar-refractivity contribution in [1.29, 1.82) is 0 Å². The van der Waals surface area contributed by atoms with Crippen LogP contribution in [0.25, 0.3) is 17.0 Å². The van der Waals surface area contributed by atoms with Gasteiger partial charge in [-0.1, -0.05) is 12.1 Å². The molecule has 0 amide bonds. The number of carboxylic acids is 1. The van der Waals surface area contributed by atoms with E-state index in [1.54, 1.807) is 36.1 Å². The second kappa shape index (κ2) is 7.26. The van der Waals surface area contributed by atoms with Crippen molar-refractivity contribution in [3.63, 3.8) is 0 Å². The van der Waals surface area contributed by atoms with Gasteiger partial charge in [-0.3, -0.25) is 9.59 Å². The second-order valence-electron chi connectivity index (χ2n) is 6.32. The van der Waals surface area contributed by atoms with Crippen molar-refractivity contribution >= 4 is 34.9 Å². The Balaban J connectivity index is 2.31. The lowest BCUT2D eigenvalue weighted by molar-refractivity contribution is -0.142. The lowest BCUT2D eigenvalue weighted by atomic mass is 9.88. The van der Waals surface area contributed by atoms with Gasteiger partial charge in [0.2, 0.25) is 11.3 Å². The molecular formula is C20H21NO6. The second-order valence-corrected chi connectivity index (χ2v) is 6.32. The zero-order valence-electron chi connectivity index (χ0n) is 15.4. The topological polar surface area (TPSA) is 97.0 Å². The molecule has 0 spiro atoms. The van der Waals surface area contributed by atoms with Gasteiger partial charge >= 0.3 is 11.9 Å². The number of hydrogen-bond donors (Lipinski definition) is 1. The van der Waals surface area contributed by atoms with Crippen LogP contribution in [0.3, 0.4) is 0 Å². The Morgan fingerprint density at radius 2 is 2.00 bits per heavy atom. The number of likely N-dealkylation sites (N-methyl/N-ethyl adjacent to an activating group) is 1. The standard InChI is InChI=1S/C20H21NO6/c1-4-21-16(11(3)19(23)24)13(20(25)26-5-2)10-14-17(22)12-8-6-7-9-15(12)27-18(14)21/h6-11,16H,4-5H2,1-3H3,(H,23,24). The van der Waals surface area contributed by atoms with Crippen LogP contribution in [0.4, 0.5) is 5.88 Å². The minimum atomic E-state index is -1.06. The number of anilines is 1. The number of nitrogens with zero attached hydrogens (tertiary/aromatic N) is 1. The highest BCUT2D eigenvalue weighted by atomic mass is 16.5. The van der Waals surface area contributed by atoms with Crippen LogP contribution >= 0.6 is 0 Å². The highest BCUT2D eigenvalue weighted by Crippen LogP contribution is 2.36. The van der Waals surface area contributed by atoms with Crippen LogP contribution in [0, 0.1) is 5.92 Å². The van der Waals surface area contributed by atoms with E-state index in [1.165, 1.54) is 13.0 Å². The van der Waals surface area contributed by atoms with Crippen molar-refractivity contribution in [2.45, 2.75) is 26.8 Å². The van der Waals surface area contributed by atoms with Crippen molar-refractivity contribution in [1.82, 2.24) is 0 Å². The summed E-state index contributed by atoms with van der Waals surface area (Å²) in [6.45, 7) is 5.51. The summed E-state index contributed by atoms with van der Waals surface area (Å²) in [5, 5.41) is 9.95. The van der Waals surface area contributed by atoms with E-state index in [2.05, 4.69) is 0 Å². The maximum Gasteiger partial charge on any atom is 0.336 e. The number of carbonyl (C=O) groups excluding carboxylic acids is 1. The minimum absolute atomic E-state index is 0.142. The molecule has 27 heavy (non-hydrogen) atoms. The number of para-hydroxylation sites is 1. The van der Waals surface area contributed by atoms with Crippen molar-refractivity contribution in [3.05, 3.63) is 45.6 Å². The first-order chi connectivity index (χ1) is 12.9. The first-order valence-corrected chi connectivity index (χ1v) is 8.84. The van der Waals surface area contributed by atoms with Gasteiger partial charge in [0, 0.05) is 6.54 Å². The molecule has 0 aliphatic carbocycles.